The van der Waals surface area contributed by atoms with Gasteiger partial charge in [-0.1, -0.05) is 6.92 Å². The van der Waals surface area contributed by atoms with Gasteiger partial charge < -0.3 is 15.4 Å². The summed E-state index contributed by atoms with van der Waals surface area (Å²) in [5.74, 6) is 0.459. The zero-order valence-corrected chi connectivity index (χ0v) is 15.6. The number of benzene rings is 1. The Hall–Kier alpha value is -1.89. The molecule has 0 spiro atoms. The van der Waals surface area contributed by atoms with E-state index in [1.807, 2.05) is 14.0 Å². The first-order valence-corrected chi connectivity index (χ1v) is 7.39. The molecule has 138 valence electrons. The van der Waals surface area contributed by atoms with E-state index in [1.54, 1.807) is 18.3 Å². The number of rotatable bonds is 7. The molecular weight excluding hydrogens is 368 g/mol. The van der Waals surface area contributed by atoms with Crippen molar-refractivity contribution in [3.8, 4) is 11.6 Å². The van der Waals surface area contributed by atoms with Crippen molar-refractivity contribution in [3.63, 3.8) is 0 Å². The van der Waals surface area contributed by atoms with Gasteiger partial charge in [0.1, 0.15) is 11.6 Å². The van der Waals surface area contributed by atoms with Gasteiger partial charge in [-0.05, 0) is 42.9 Å². The first-order valence-electron chi connectivity index (χ1n) is 7.39. The Bertz CT molecular complexity index is 657. The van der Waals surface area contributed by atoms with E-state index >= 15 is 0 Å². The average Bonchev–Trinajstić information content (AvgIpc) is 2.55. The van der Waals surface area contributed by atoms with Gasteiger partial charge in [-0.15, -0.1) is 24.8 Å². The molecule has 0 bridgehead atoms. The van der Waals surface area contributed by atoms with Gasteiger partial charge in [-0.2, -0.15) is 0 Å². The van der Waals surface area contributed by atoms with Crippen molar-refractivity contribution < 1.29 is 13.9 Å². The smallest absolute Gasteiger partial charge is 0.224 e. The molecule has 1 amide bonds. The first-order chi connectivity index (χ1) is 11.1. The van der Waals surface area contributed by atoms with Gasteiger partial charge in [0.2, 0.25) is 11.8 Å². The number of amides is 1. The van der Waals surface area contributed by atoms with Crippen LogP contribution >= 0.6 is 24.8 Å². The van der Waals surface area contributed by atoms with Crippen LogP contribution < -0.4 is 15.4 Å². The Labute approximate surface area is 159 Å². The van der Waals surface area contributed by atoms with Crippen LogP contribution in [0.1, 0.15) is 12.5 Å². The Balaban J connectivity index is 0.00000288. The van der Waals surface area contributed by atoms with Crippen LogP contribution in [0.15, 0.2) is 42.6 Å². The van der Waals surface area contributed by atoms with Crippen molar-refractivity contribution in [2.24, 2.45) is 5.92 Å². The van der Waals surface area contributed by atoms with Crippen LogP contribution in [0, 0.1) is 11.7 Å². The van der Waals surface area contributed by atoms with E-state index in [-0.39, 0.29) is 42.5 Å². The molecule has 8 heteroatoms. The molecule has 1 atom stereocenters. The average molecular weight is 390 g/mol. The normalized spacial score (nSPS) is 10.8. The number of carbonyl (C=O) groups is 1. The molecule has 1 unspecified atom stereocenters. The lowest BCUT2D eigenvalue weighted by Crippen LogP contribution is -2.33. The van der Waals surface area contributed by atoms with Crippen LogP contribution in [0.4, 0.5) is 4.39 Å². The summed E-state index contributed by atoms with van der Waals surface area (Å²) in [5, 5.41) is 5.84. The van der Waals surface area contributed by atoms with Gasteiger partial charge in [-0.3, -0.25) is 4.79 Å². The maximum Gasteiger partial charge on any atom is 0.224 e. The maximum absolute atomic E-state index is 12.9. The fourth-order valence-electron chi connectivity index (χ4n) is 2.00. The molecule has 1 heterocycles. The minimum Gasteiger partial charge on any atom is -0.439 e. The molecular formula is C17H22Cl2FN3O2. The van der Waals surface area contributed by atoms with E-state index in [4.69, 9.17) is 4.74 Å². The number of nitrogens with zero attached hydrogens (tertiary/aromatic N) is 1. The molecule has 0 aliphatic rings. The van der Waals surface area contributed by atoms with E-state index in [2.05, 4.69) is 15.6 Å². The number of halogens is 3. The molecule has 0 saturated heterocycles. The van der Waals surface area contributed by atoms with E-state index in [0.717, 1.165) is 5.56 Å². The summed E-state index contributed by atoms with van der Waals surface area (Å²) < 4.78 is 18.4. The highest BCUT2D eigenvalue weighted by molar-refractivity contribution is 5.85. The second kappa shape index (κ2) is 11.6. The van der Waals surface area contributed by atoms with Gasteiger partial charge in [0, 0.05) is 31.3 Å². The fraction of sp³-hybridized carbons (Fsp3) is 0.294. The summed E-state index contributed by atoms with van der Waals surface area (Å²) in [6, 6.07) is 9.26. The monoisotopic (exact) mass is 389 g/mol. The number of ether oxygens (including phenoxy) is 1. The maximum atomic E-state index is 12.9. The van der Waals surface area contributed by atoms with Crippen molar-refractivity contribution >= 4 is 30.7 Å². The highest BCUT2D eigenvalue weighted by atomic mass is 35.5. The number of hydrogen-bond acceptors (Lipinski definition) is 4. The van der Waals surface area contributed by atoms with Crippen LogP contribution in [0.25, 0.3) is 0 Å². The van der Waals surface area contributed by atoms with Gasteiger partial charge >= 0.3 is 0 Å². The molecule has 2 aromatic rings. The Morgan fingerprint density at radius 3 is 2.56 bits per heavy atom. The van der Waals surface area contributed by atoms with E-state index in [0.29, 0.717) is 24.7 Å². The number of carbonyl (C=O) groups excluding carboxylic acids is 1. The number of hydrogen-bond donors (Lipinski definition) is 2. The topological polar surface area (TPSA) is 63.2 Å². The third-order valence-electron chi connectivity index (χ3n) is 3.26. The highest BCUT2D eigenvalue weighted by Gasteiger charge is 2.11. The van der Waals surface area contributed by atoms with Crippen molar-refractivity contribution in [2.45, 2.75) is 13.5 Å². The van der Waals surface area contributed by atoms with Gasteiger partial charge in [-0.25, -0.2) is 9.37 Å². The predicted molar refractivity (Wildman–Crippen MR) is 100 cm³/mol. The predicted octanol–water partition coefficient (Wildman–Crippen LogP) is 3.33. The Morgan fingerprint density at radius 2 is 1.92 bits per heavy atom. The summed E-state index contributed by atoms with van der Waals surface area (Å²) in [6.45, 7) is 2.89. The standard InChI is InChI=1S/C17H20FN3O2.2ClH/c1-12(10-19-2)17(22)21-11-13-7-8-20-16(9-13)23-15-5-3-14(18)4-6-15;;/h3-9,12,19H,10-11H2,1-2H3,(H,21,22);2*1H. The van der Waals surface area contributed by atoms with Crippen LogP contribution in [-0.4, -0.2) is 24.5 Å². The van der Waals surface area contributed by atoms with Crippen LogP contribution in [0.5, 0.6) is 11.6 Å². The molecule has 0 radical (unpaired) electrons. The number of aromatic nitrogens is 1. The molecule has 0 saturated carbocycles. The second-order valence-electron chi connectivity index (χ2n) is 5.23. The van der Waals surface area contributed by atoms with Crippen molar-refractivity contribution in [3.05, 3.63) is 54.0 Å². The quantitative estimate of drug-likeness (QED) is 0.762. The third-order valence-corrected chi connectivity index (χ3v) is 3.26. The largest absolute Gasteiger partial charge is 0.439 e. The summed E-state index contributed by atoms with van der Waals surface area (Å²) in [5.41, 5.74) is 0.877. The lowest BCUT2D eigenvalue weighted by molar-refractivity contribution is -0.124. The molecule has 1 aromatic heterocycles. The van der Waals surface area contributed by atoms with Crippen LogP contribution in [-0.2, 0) is 11.3 Å². The SMILES string of the molecule is CNCC(C)C(=O)NCc1ccnc(Oc2ccc(F)cc2)c1.Cl.Cl. The summed E-state index contributed by atoms with van der Waals surface area (Å²) in [7, 11) is 1.81. The van der Waals surface area contributed by atoms with Crippen molar-refractivity contribution in [2.75, 3.05) is 13.6 Å². The van der Waals surface area contributed by atoms with Gasteiger partial charge in [0.05, 0.1) is 0 Å². The van der Waals surface area contributed by atoms with Gasteiger partial charge in [0.15, 0.2) is 0 Å². The molecule has 2 N–H and O–H groups in total. The molecule has 5 nitrogen and oxygen atoms in total. The fourth-order valence-corrected chi connectivity index (χ4v) is 2.00. The molecule has 0 fully saturated rings. The zero-order valence-electron chi connectivity index (χ0n) is 14.0. The molecule has 25 heavy (non-hydrogen) atoms. The van der Waals surface area contributed by atoms with Crippen molar-refractivity contribution in [1.29, 1.82) is 0 Å². The Morgan fingerprint density at radius 1 is 1.24 bits per heavy atom. The number of pyridine rings is 1. The molecule has 0 aliphatic heterocycles. The first kappa shape index (κ1) is 23.1. The second-order valence-corrected chi connectivity index (χ2v) is 5.23. The minimum atomic E-state index is -0.322. The molecule has 0 aliphatic carbocycles. The minimum absolute atomic E-state index is 0. The summed E-state index contributed by atoms with van der Waals surface area (Å²) in [4.78, 5) is 16.0. The lowest BCUT2D eigenvalue weighted by Gasteiger charge is -2.12. The summed E-state index contributed by atoms with van der Waals surface area (Å²) in [6.07, 6.45) is 1.61. The Kier molecular flexibility index (Phi) is 10.7. The van der Waals surface area contributed by atoms with Crippen LogP contribution in [0.2, 0.25) is 0 Å². The molecule has 1 aromatic carbocycles. The van der Waals surface area contributed by atoms with E-state index in [9.17, 15) is 9.18 Å². The van der Waals surface area contributed by atoms with E-state index < -0.39 is 0 Å². The van der Waals surface area contributed by atoms with Crippen LogP contribution in [0.3, 0.4) is 0 Å². The highest BCUT2D eigenvalue weighted by Crippen LogP contribution is 2.20. The lowest BCUT2D eigenvalue weighted by atomic mass is 10.1. The van der Waals surface area contributed by atoms with Crippen molar-refractivity contribution in [1.82, 2.24) is 15.6 Å². The third kappa shape index (κ3) is 7.69. The zero-order chi connectivity index (χ0) is 16.7. The van der Waals surface area contributed by atoms with E-state index in [1.165, 1.54) is 24.3 Å². The van der Waals surface area contributed by atoms with Gasteiger partial charge in [0.25, 0.3) is 0 Å². The summed E-state index contributed by atoms with van der Waals surface area (Å²) >= 11 is 0. The number of nitrogens with one attached hydrogen (secondary N) is 2. The molecule has 2 rings (SSSR count).